The van der Waals surface area contributed by atoms with Crippen LogP contribution in [0.3, 0.4) is 0 Å². The molecule has 4 fully saturated rings. The van der Waals surface area contributed by atoms with E-state index in [1.54, 1.807) is 0 Å². The second kappa shape index (κ2) is 4.55. The Balaban J connectivity index is 1.71. The van der Waals surface area contributed by atoms with E-state index in [-0.39, 0.29) is 23.7 Å². The van der Waals surface area contributed by atoms with Gasteiger partial charge in [0.05, 0.1) is 0 Å². The Kier molecular flexibility index (Phi) is 3.13. The molecule has 7 atom stereocenters. The summed E-state index contributed by atoms with van der Waals surface area (Å²) >= 11 is 0. The molecule has 22 heavy (non-hydrogen) atoms. The van der Waals surface area contributed by atoms with Crippen LogP contribution in [0.15, 0.2) is 0 Å². The number of halogens is 1. The Bertz CT molecular complexity index is 502. The third-order valence-electron chi connectivity index (χ3n) is 8.42. The predicted molar refractivity (Wildman–Crippen MR) is 82.8 cm³/mol. The molecule has 0 amide bonds. The molecule has 0 spiro atoms. The zero-order valence-electron chi connectivity index (χ0n) is 13.9. The van der Waals surface area contributed by atoms with E-state index in [9.17, 15) is 14.3 Å². The van der Waals surface area contributed by atoms with Gasteiger partial charge >= 0.3 is 0 Å². The normalized spacial score (nSPS) is 57.9. The smallest absolute Gasteiger partial charge is 0.212 e. The maximum Gasteiger partial charge on any atom is 0.212 e. The Hall–Kier alpha value is -0.440. The van der Waals surface area contributed by atoms with Crippen molar-refractivity contribution in [2.75, 3.05) is 0 Å². The van der Waals surface area contributed by atoms with Gasteiger partial charge in [0, 0.05) is 24.2 Å². The first-order chi connectivity index (χ1) is 10.3. The molecule has 0 aliphatic heterocycles. The van der Waals surface area contributed by atoms with Crippen LogP contribution in [0.2, 0.25) is 0 Å². The lowest BCUT2D eigenvalue weighted by molar-refractivity contribution is -0.206. The average molecular weight is 308 g/mol. The van der Waals surface area contributed by atoms with Gasteiger partial charge in [-0.2, -0.15) is 0 Å². The van der Waals surface area contributed by atoms with E-state index in [0.717, 1.165) is 32.1 Å². The van der Waals surface area contributed by atoms with Crippen molar-refractivity contribution < 1.29 is 14.3 Å². The molecule has 0 radical (unpaired) electrons. The molecular formula is C19H29FO2. The van der Waals surface area contributed by atoms with E-state index in [1.807, 2.05) is 6.92 Å². The van der Waals surface area contributed by atoms with Gasteiger partial charge in [0.1, 0.15) is 5.78 Å². The van der Waals surface area contributed by atoms with Crippen LogP contribution >= 0.6 is 0 Å². The standard InChI is InChI=1S/C19H29FO2/c1-17-8-4-3-5-15(17)16(21)11-12-13(17)6-9-18(2)14(12)7-10-19(18,20)22/h12-15,22H,3-11H2,1-2H3/t12-,13-,14+,15?,17-,18+,19?/m1/s1. The van der Waals surface area contributed by atoms with Crippen molar-refractivity contribution in [3.8, 4) is 0 Å². The molecule has 0 aromatic carbocycles. The molecule has 124 valence electrons. The highest BCUT2D eigenvalue weighted by atomic mass is 19.2. The van der Waals surface area contributed by atoms with Crippen LogP contribution in [0, 0.1) is 34.5 Å². The van der Waals surface area contributed by atoms with E-state index in [2.05, 4.69) is 6.92 Å². The number of rotatable bonds is 0. The molecule has 3 heteroatoms. The van der Waals surface area contributed by atoms with Crippen molar-refractivity contribution >= 4 is 5.78 Å². The lowest BCUT2D eigenvalue weighted by Crippen LogP contribution is -2.57. The SMILES string of the molecule is C[C@]12CCCCC1C(=O)C[C@@H]1[C@H]2CC[C@@]2(C)[C@H]1CCC2(O)F. The molecule has 2 unspecified atom stereocenters. The summed E-state index contributed by atoms with van der Waals surface area (Å²) in [6, 6.07) is 0. The number of carbonyl (C=O) groups excluding carboxylic acids is 1. The van der Waals surface area contributed by atoms with E-state index in [0.29, 0.717) is 24.0 Å². The van der Waals surface area contributed by atoms with E-state index in [4.69, 9.17) is 0 Å². The van der Waals surface area contributed by atoms with Crippen molar-refractivity contribution in [2.45, 2.75) is 77.5 Å². The number of carbonyl (C=O) groups is 1. The van der Waals surface area contributed by atoms with Gasteiger partial charge in [-0.25, -0.2) is 4.39 Å². The molecule has 0 aromatic heterocycles. The Morgan fingerprint density at radius 1 is 1.05 bits per heavy atom. The number of ketones is 1. The zero-order chi connectivity index (χ0) is 15.8. The van der Waals surface area contributed by atoms with Gasteiger partial charge in [-0.3, -0.25) is 4.79 Å². The number of hydrogen-bond donors (Lipinski definition) is 1. The quantitative estimate of drug-likeness (QED) is 0.726. The molecule has 0 bridgehead atoms. The summed E-state index contributed by atoms with van der Waals surface area (Å²) in [6.45, 7) is 4.27. The van der Waals surface area contributed by atoms with Crippen molar-refractivity contribution in [1.29, 1.82) is 0 Å². The van der Waals surface area contributed by atoms with Gasteiger partial charge in [0.25, 0.3) is 0 Å². The minimum Gasteiger partial charge on any atom is -0.361 e. The summed E-state index contributed by atoms with van der Waals surface area (Å²) in [4.78, 5) is 12.8. The first kappa shape index (κ1) is 15.1. The van der Waals surface area contributed by atoms with Crippen LogP contribution < -0.4 is 0 Å². The largest absolute Gasteiger partial charge is 0.361 e. The highest BCUT2D eigenvalue weighted by molar-refractivity contribution is 5.83. The van der Waals surface area contributed by atoms with Gasteiger partial charge in [-0.05, 0) is 55.3 Å². The molecule has 0 aromatic rings. The van der Waals surface area contributed by atoms with Crippen LogP contribution in [0.5, 0.6) is 0 Å². The van der Waals surface area contributed by atoms with Crippen LogP contribution in [0.25, 0.3) is 0 Å². The van der Waals surface area contributed by atoms with Crippen LogP contribution in [-0.2, 0) is 4.79 Å². The highest BCUT2D eigenvalue weighted by Gasteiger charge is 2.66. The highest BCUT2D eigenvalue weighted by Crippen LogP contribution is 2.67. The molecule has 4 aliphatic carbocycles. The lowest BCUT2D eigenvalue weighted by atomic mass is 9.45. The molecule has 4 rings (SSSR count). The molecule has 4 saturated carbocycles. The van der Waals surface area contributed by atoms with Gasteiger partial charge in [0.2, 0.25) is 5.85 Å². The van der Waals surface area contributed by atoms with Crippen molar-refractivity contribution in [1.82, 2.24) is 0 Å². The second-order valence-corrected chi connectivity index (χ2v) is 9.11. The zero-order valence-corrected chi connectivity index (χ0v) is 13.9. The van der Waals surface area contributed by atoms with Gasteiger partial charge in [-0.15, -0.1) is 0 Å². The number of Topliss-reactive ketones (excluding diaryl/α,β-unsaturated/α-hetero) is 1. The summed E-state index contributed by atoms with van der Waals surface area (Å²) in [5.74, 6) is -0.307. The third-order valence-corrected chi connectivity index (χ3v) is 8.42. The molecule has 2 nitrogen and oxygen atoms in total. The molecule has 1 N–H and O–H groups in total. The molecule has 4 aliphatic rings. The number of fused-ring (bicyclic) bond motifs is 5. The van der Waals surface area contributed by atoms with Crippen LogP contribution in [0.1, 0.15) is 71.6 Å². The topological polar surface area (TPSA) is 37.3 Å². The fourth-order valence-corrected chi connectivity index (χ4v) is 7.06. The van der Waals surface area contributed by atoms with Crippen molar-refractivity contribution in [2.24, 2.45) is 34.5 Å². The maximum absolute atomic E-state index is 14.7. The Morgan fingerprint density at radius 3 is 2.55 bits per heavy atom. The minimum atomic E-state index is -2.03. The van der Waals surface area contributed by atoms with Crippen molar-refractivity contribution in [3.63, 3.8) is 0 Å². The molecule has 0 heterocycles. The fraction of sp³-hybridized carbons (Fsp3) is 0.947. The number of hydrogen-bond acceptors (Lipinski definition) is 2. The lowest BCUT2D eigenvalue weighted by Gasteiger charge is -2.59. The summed E-state index contributed by atoms with van der Waals surface area (Å²) in [6.07, 6.45) is 8.06. The fourth-order valence-electron chi connectivity index (χ4n) is 7.06. The van der Waals surface area contributed by atoms with Gasteiger partial charge in [-0.1, -0.05) is 26.7 Å². The van der Waals surface area contributed by atoms with Crippen LogP contribution in [-0.4, -0.2) is 16.7 Å². The summed E-state index contributed by atoms with van der Waals surface area (Å²) < 4.78 is 14.7. The second-order valence-electron chi connectivity index (χ2n) is 9.11. The van der Waals surface area contributed by atoms with Crippen molar-refractivity contribution in [3.05, 3.63) is 0 Å². The summed E-state index contributed by atoms with van der Waals surface area (Å²) in [5, 5.41) is 10.3. The summed E-state index contributed by atoms with van der Waals surface area (Å²) in [5.41, 5.74) is -0.497. The first-order valence-electron chi connectivity index (χ1n) is 9.24. The van der Waals surface area contributed by atoms with Crippen LogP contribution in [0.4, 0.5) is 4.39 Å². The first-order valence-corrected chi connectivity index (χ1v) is 9.24. The van der Waals surface area contributed by atoms with E-state index >= 15 is 0 Å². The Labute approximate surface area is 132 Å². The minimum absolute atomic E-state index is 0.136. The molecule has 0 saturated heterocycles. The van der Waals surface area contributed by atoms with E-state index < -0.39 is 11.3 Å². The summed E-state index contributed by atoms with van der Waals surface area (Å²) in [7, 11) is 0. The third kappa shape index (κ3) is 1.72. The van der Waals surface area contributed by atoms with Gasteiger partial charge < -0.3 is 5.11 Å². The van der Waals surface area contributed by atoms with E-state index in [1.165, 1.54) is 12.8 Å². The molecular weight excluding hydrogens is 279 g/mol. The van der Waals surface area contributed by atoms with Gasteiger partial charge in [0.15, 0.2) is 0 Å². The number of aliphatic hydroxyl groups is 1. The number of alkyl halides is 1. The Morgan fingerprint density at radius 2 is 1.77 bits per heavy atom. The average Bonchev–Trinajstić information content (AvgIpc) is 2.70. The predicted octanol–water partition coefficient (Wildman–Crippen LogP) is 4.26. The monoisotopic (exact) mass is 308 g/mol. The maximum atomic E-state index is 14.7.